The van der Waals surface area contributed by atoms with Gasteiger partial charge >= 0.3 is 5.97 Å². The van der Waals surface area contributed by atoms with Crippen LogP contribution in [-0.2, 0) is 9.53 Å². The highest BCUT2D eigenvalue weighted by atomic mass is 32.1. The summed E-state index contributed by atoms with van der Waals surface area (Å²) < 4.78 is 10.3. The second-order valence-electron chi connectivity index (χ2n) is 4.87. The Morgan fingerprint density at radius 3 is 2.57 bits per heavy atom. The molecule has 0 aromatic heterocycles. The summed E-state index contributed by atoms with van der Waals surface area (Å²) in [6.07, 6.45) is 0. The third-order valence-electron chi connectivity index (χ3n) is 3.50. The van der Waals surface area contributed by atoms with E-state index < -0.39 is 11.9 Å². The van der Waals surface area contributed by atoms with Crippen molar-refractivity contribution in [2.24, 2.45) is 10.9 Å². The van der Waals surface area contributed by atoms with Gasteiger partial charge in [0.05, 0.1) is 19.3 Å². The molecule has 0 aliphatic carbocycles. The molecule has 1 aliphatic heterocycles. The van der Waals surface area contributed by atoms with Crippen LogP contribution in [-0.4, -0.2) is 30.4 Å². The number of dihydropyridines is 1. The molecule has 0 spiro atoms. The number of hydrogen-bond acceptors (Lipinski definition) is 5. The third-order valence-corrected chi connectivity index (χ3v) is 3.80. The van der Waals surface area contributed by atoms with Crippen molar-refractivity contribution < 1.29 is 14.3 Å². The highest BCUT2D eigenvalue weighted by Crippen LogP contribution is 2.34. The number of aliphatic imine (C=N–C) groups is 1. The van der Waals surface area contributed by atoms with E-state index in [4.69, 9.17) is 21.7 Å². The van der Waals surface area contributed by atoms with Crippen molar-refractivity contribution in [3.8, 4) is 11.8 Å². The lowest BCUT2D eigenvalue weighted by molar-refractivity contribution is -0.143. The Balaban J connectivity index is 2.60. The van der Waals surface area contributed by atoms with E-state index in [0.717, 1.165) is 5.56 Å². The first-order valence-corrected chi connectivity index (χ1v) is 7.49. The molecule has 1 aromatic rings. The normalized spacial score (nSPS) is 17.4. The monoisotopic (exact) mass is 328 g/mol. The van der Waals surface area contributed by atoms with E-state index in [1.807, 2.05) is 0 Å². The topological polar surface area (TPSA) is 71.7 Å². The third kappa shape index (κ3) is 3.30. The minimum absolute atomic E-state index is 0.191. The van der Waals surface area contributed by atoms with Crippen molar-refractivity contribution in [2.45, 2.75) is 13.8 Å². The number of methoxy groups -OCH3 is 1. The van der Waals surface area contributed by atoms with Crippen LogP contribution in [0.15, 0.2) is 34.8 Å². The van der Waals surface area contributed by atoms with E-state index in [1.165, 1.54) is 0 Å². The molecule has 118 valence electrons. The Kier molecular flexibility index (Phi) is 5.24. The zero-order chi connectivity index (χ0) is 17.0. The number of nitriles is 1. The molecule has 0 bridgehead atoms. The fraction of sp³-hybridized carbons (Fsp3) is 0.294. The Morgan fingerprint density at radius 1 is 1.39 bits per heavy atom. The quantitative estimate of drug-likeness (QED) is 0.628. The molecule has 6 heteroatoms. The van der Waals surface area contributed by atoms with Gasteiger partial charge in [-0.2, -0.15) is 5.26 Å². The molecule has 0 saturated carbocycles. The van der Waals surface area contributed by atoms with Gasteiger partial charge in [0, 0.05) is 11.3 Å². The summed E-state index contributed by atoms with van der Waals surface area (Å²) in [5, 5.41) is 9.47. The van der Waals surface area contributed by atoms with Crippen LogP contribution in [0.1, 0.15) is 19.4 Å². The minimum Gasteiger partial charge on any atom is -0.497 e. The highest BCUT2D eigenvalue weighted by Gasteiger charge is 2.35. The van der Waals surface area contributed by atoms with Gasteiger partial charge in [-0.15, -0.1) is 0 Å². The Labute approximate surface area is 140 Å². The predicted octanol–water partition coefficient (Wildman–Crippen LogP) is 2.95. The zero-order valence-electron chi connectivity index (χ0n) is 13.1. The molecule has 23 heavy (non-hydrogen) atoms. The highest BCUT2D eigenvalue weighted by molar-refractivity contribution is 7.80. The van der Waals surface area contributed by atoms with Gasteiger partial charge in [-0.1, -0.05) is 24.4 Å². The number of esters is 1. The maximum absolute atomic E-state index is 12.4. The number of rotatable bonds is 4. The molecule has 1 aromatic carbocycles. The van der Waals surface area contributed by atoms with Gasteiger partial charge in [-0.3, -0.25) is 4.79 Å². The molecule has 0 fully saturated rings. The number of nitrogens with zero attached hydrogens (tertiary/aromatic N) is 2. The second kappa shape index (κ2) is 7.16. The number of hydrogen-bond donors (Lipinski definition) is 0. The first kappa shape index (κ1) is 16.8. The van der Waals surface area contributed by atoms with E-state index >= 15 is 0 Å². The van der Waals surface area contributed by atoms with Gasteiger partial charge in [0.1, 0.15) is 22.7 Å². The van der Waals surface area contributed by atoms with Crippen molar-refractivity contribution in [1.29, 1.82) is 5.26 Å². The van der Waals surface area contributed by atoms with Gasteiger partial charge < -0.3 is 9.47 Å². The molecule has 0 saturated heterocycles. The molecule has 0 N–H and O–H groups in total. The van der Waals surface area contributed by atoms with Crippen molar-refractivity contribution in [3.05, 3.63) is 35.4 Å². The molecule has 1 heterocycles. The van der Waals surface area contributed by atoms with Gasteiger partial charge in [0.25, 0.3) is 0 Å². The van der Waals surface area contributed by atoms with Crippen molar-refractivity contribution in [3.63, 3.8) is 0 Å². The predicted molar refractivity (Wildman–Crippen MR) is 91.4 cm³/mol. The SMILES string of the molecule is CCOC(=O)C1C(C)=NC(=S)C(C#N)=C1c1ccc(OC)cc1. The van der Waals surface area contributed by atoms with Crippen LogP contribution in [0.3, 0.4) is 0 Å². The van der Waals surface area contributed by atoms with Crippen LogP contribution < -0.4 is 4.74 Å². The van der Waals surface area contributed by atoms with Crippen LogP contribution in [0.2, 0.25) is 0 Å². The fourth-order valence-corrected chi connectivity index (χ4v) is 2.75. The zero-order valence-corrected chi connectivity index (χ0v) is 13.9. The van der Waals surface area contributed by atoms with Gasteiger partial charge in [-0.05, 0) is 31.5 Å². The van der Waals surface area contributed by atoms with Crippen molar-refractivity contribution >= 4 is 34.5 Å². The van der Waals surface area contributed by atoms with Crippen molar-refractivity contribution in [1.82, 2.24) is 0 Å². The van der Waals surface area contributed by atoms with Crippen LogP contribution in [0.25, 0.3) is 5.57 Å². The summed E-state index contributed by atoms with van der Waals surface area (Å²) in [4.78, 5) is 16.7. The number of ether oxygens (including phenoxy) is 2. The largest absolute Gasteiger partial charge is 0.497 e. The number of benzene rings is 1. The number of carbonyl (C=O) groups is 1. The first-order valence-electron chi connectivity index (χ1n) is 7.08. The van der Waals surface area contributed by atoms with Gasteiger partial charge in [-0.25, -0.2) is 4.99 Å². The van der Waals surface area contributed by atoms with E-state index in [2.05, 4.69) is 11.1 Å². The Bertz CT molecular complexity index is 742. The minimum atomic E-state index is -0.732. The average Bonchev–Trinajstić information content (AvgIpc) is 2.54. The summed E-state index contributed by atoms with van der Waals surface area (Å²) in [6, 6.07) is 9.19. The molecule has 0 amide bonds. The van der Waals surface area contributed by atoms with Crippen LogP contribution in [0.5, 0.6) is 5.75 Å². The lowest BCUT2D eigenvalue weighted by atomic mass is 9.83. The van der Waals surface area contributed by atoms with Crippen molar-refractivity contribution in [2.75, 3.05) is 13.7 Å². The summed E-state index contributed by atoms with van der Waals surface area (Å²) in [6.45, 7) is 3.70. The van der Waals surface area contributed by atoms with Crippen LogP contribution in [0, 0.1) is 17.2 Å². The van der Waals surface area contributed by atoms with Crippen LogP contribution >= 0.6 is 12.2 Å². The van der Waals surface area contributed by atoms with E-state index in [1.54, 1.807) is 45.2 Å². The molecular weight excluding hydrogens is 312 g/mol. The maximum Gasteiger partial charge on any atom is 0.319 e. The summed E-state index contributed by atoms with van der Waals surface area (Å²) in [5.41, 5.74) is 2.01. The maximum atomic E-state index is 12.4. The smallest absolute Gasteiger partial charge is 0.319 e. The Hall–Kier alpha value is -2.52. The number of carbonyl (C=O) groups excluding carboxylic acids is 1. The molecule has 1 atom stereocenters. The lowest BCUT2D eigenvalue weighted by Crippen LogP contribution is -2.30. The summed E-state index contributed by atoms with van der Waals surface area (Å²) in [5.74, 6) is -0.483. The van der Waals surface area contributed by atoms with E-state index in [0.29, 0.717) is 17.0 Å². The molecule has 5 nitrogen and oxygen atoms in total. The second-order valence-corrected chi connectivity index (χ2v) is 5.26. The van der Waals surface area contributed by atoms with Crippen LogP contribution in [0.4, 0.5) is 0 Å². The van der Waals surface area contributed by atoms with E-state index in [9.17, 15) is 10.1 Å². The molecular formula is C17H16N2O3S. The standard InChI is InChI=1S/C17H16N2O3S/c1-4-22-17(20)14-10(2)19-16(23)13(9-18)15(14)11-5-7-12(21-3)8-6-11/h5-8,14H,4H2,1-3H3. The number of thiocarbonyl (C=S) groups is 1. The average molecular weight is 328 g/mol. The summed E-state index contributed by atoms with van der Waals surface area (Å²) in [7, 11) is 1.57. The fourth-order valence-electron chi connectivity index (χ4n) is 2.45. The van der Waals surface area contributed by atoms with E-state index in [-0.39, 0.29) is 17.2 Å². The lowest BCUT2D eigenvalue weighted by Gasteiger charge is -2.24. The molecule has 1 aliphatic rings. The Morgan fingerprint density at radius 2 is 2.04 bits per heavy atom. The summed E-state index contributed by atoms with van der Waals surface area (Å²) >= 11 is 5.19. The first-order chi connectivity index (χ1) is 11.0. The van der Waals surface area contributed by atoms with Gasteiger partial charge in [0.2, 0.25) is 0 Å². The van der Waals surface area contributed by atoms with Gasteiger partial charge in [0.15, 0.2) is 0 Å². The molecule has 1 unspecified atom stereocenters. The molecule has 2 rings (SSSR count). The molecule has 0 radical (unpaired) electrons.